The van der Waals surface area contributed by atoms with Gasteiger partial charge in [0.25, 0.3) is 0 Å². The van der Waals surface area contributed by atoms with E-state index in [1.54, 1.807) is 0 Å². The Labute approximate surface area is 160 Å². The van der Waals surface area contributed by atoms with Crippen LogP contribution in [0.3, 0.4) is 0 Å². The van der Waals surface area contributed by atoms with Crippen molar-refractivity contribution in [3.63, 3.8) is 0 Å². The molecule has 4 unspecified atom stereocenters. The molecule has 0 rings (SSSR count). The van der Waals surface area contributed by atoms with Gasteiger partial charge in [-0.1, -0.05) is 0 Å². The van der Waals surface area contributed by atoms with E-state index in [0.717, 1.165) is 0 Å². The van der Waals surface area contributed by atoms with E-state index in [2.05, 4.69) is 28.6 Å². The summed E-state index contributed by atoms with van der Waals surface area (Å²) in [6, 6.07) is -5.06. The predicted molar refractivity (Wildman–Crippen MR) is 94.9 cm³/mol. The van der Waals surface area contributed by atoms with Crippen LogP contribution in [0.15, 0.2) is 0 Å². The normalized spacial score (nSPS) is 15.0. The molecule has 0 aromatic heterocycles. The molecule has 0 radical (unpaired) electrons. The van der Waals surface area contributed by atoms with Crippen molar-refractivity contribution in [2.45, 2.75) is 43.9 Å². The van der Waals surface area contributed by atoms with Gasteiger partial charge in [-0.05, 0) is 13.3 Å². The summed E-state index contributed by atoms with van der Waals surface area (Å²) in [5.41, 5.74) is 5.33. The van der Waals surface area contributed by atoms with E-state index in [4.69, 9.17) is 21.1 Å². The van der Waals surface area contributed by atoms with Gasteiger partial charge < -0.3 is 37.0 Å². The number of hydrogen-bond acceptors (Lipinski definition) is 8. The highest BCUT2D eigenvalue weighted by molar-refractivity contribution is 7.80. The van der Waals surface area contributed by atoms with Gasteiger partial charge in [0.2, 0.25) is 17.7 Å². The van der Waals surface area contributed by atoms with Gasteiger partial charge in [0.1, 0.15) is 24.2 Å². The zero-order valence-corrected chi connectivity index (χ0v) is 15.4. The van der Waals surface area contributed by atoms with Gasteiger partial charge in [-0.15, -0.1) is 0 Å². The number of hydrogen-bond donors (Lipinski definition) is 8. The third-order valence-corrected chi connectivity index (χ3v) is 3.73. The first-order chi connectivity index (χ1) is 12.5. The van der Waals surface area contributed by atoms with Gasteiger partial charge in [-0.2, -0.15) is 12.6 Å². The molecule has 0 saturated carbocycles. The summed E-state index contributed by atoms with van der Waals surface area (Å²) in [6.07, 6.45) is -0.734. The van der Waals surface area contributed by atoms with Crippen molar-refractivity contribution in [2.75, 3.05) is 12.4 Å². The van der Waals surface area contributed by atoms with Gasteiger partial charge in [0, 0.05) is 12.2 Å². The molecule has 4 atom stereocenters. The lowest BCUT2D eigenvalue weighted by molar-refractivity contribution is -0.141. The quantitative estimate of drug-likeness (QED) is 0.152. The molecule has 0 bridgehead atoms. The minimum atomic E-state index is -1.32. The molecular formula is C14H24N4O8S. The van der Waals surface area contributed by atoms with E-state index in [1.807, 2.05) is 0 Å². The van der Waals surface area contributed by atoms with Crippen molar-refractivity contribution >= 4 is 42.3 Å². The molecule has 13 heteroatoms. The standard InChI is InChI=1S/C14H24N4O8S/c1-6(11(22)18-9(5-27)14(25)26)16-13(24)8(2-3-10(20)21)17-12(23)7(15)4-19/h6-9,19,27H,2-5,15H2,1H3,(H,16,24)(H,17,23)(H,18,22)(H,20,21)(H,25,26). The van der Waals surface area contributed by atoms with Crippen molar-refractivity contribution in [1.29, 1.82) is 0 Å². The molecule has 154 valence electrons. The number of nitrogens with two attached hydrogens (primary N) is 1. The Kier molecular flexibility index (Phi) is 11.0. The summed E-state index contributed by atoms with van der Waals surface area (Å²) in [5, 5.41) is 33.1. The molecule has 0 aliphatic rings. The topological polar surface area (TPSA) is 208 Å². The van der Waals surface area contributed by atoms with Crippen LogP contribution in [0.5, 0.6) is 0 Å². The molecule has 12 nitrogen and oxygen atoms in total. The Morgan fingerprint density at radius 1 is 0.963 bits per heavy atom. The van der Waals surface area contributed by atoms with E-state index >= 15 is 0 Å². The number of thiol groups is 1. The Bertz CT molecular complexity index is 573. The number of rotatable bonds is 12. The third-order valence-electron chi connectivity index (χ3n) is 3.36. The fourth-order valence-corrected chi connectivity index (χ4v) is 2.01. The lowest BCUT2D eigenvalue weighted by Gasteiger charge is -2.22. The Morgan fingerprint density at radius 3 is 1.96 bits per heavy atom. The zero-order chi connectivity index (χ0) is 21.1. The van der Waals surface area contributed by atoms with Crippen molar-refractivity contribution in [3.05, 3.63) is 0 Å². The zero-order valence-electron chi connectivity index (χ0n) is 14.5. The minimum Gasteiger partial charge on any atom is -0.481 e. The average molecular weight is 408 g/mol. The van der Waals surface area contributed by atoms with Crippen LogP contribution < -0.4 is 21.7 Å². The average Bonchev–Trinajstić information content (AvgIpc) is 2.60. The van der Waals surface area contributed by atoms with E-state index in [1.165, 1.54) is 6.92 Å². The number of amides is 3. The fourth-order valence-electron chi connectivity index (χ4n) is 1.76. The SMILES string of the molecule is CC(NC(=O)C(CCC(=O)O)NC(=O)C(N)CO)C(=O)NC(CS)C(=O)O. The van der Waals surface area contributed by atoms with Crippen LogP contribution in [0.1, 0.15) is 19.8 Å². The second-order valence-corrected chi connectivity index (χ2v) is 5.96. The van der Waals surface area contributed by atoms with Gasteiger partial charge >= 0.3 is 11.9 Å². The molecule has 0 aliphatic carbocycles. The van der Waals surface area contributed by atoms with Gasteiger partial charge in [-0.3, -0.25) is 19.2 Å². The lowest BCUT2D eigenvalue weighted by Crippen LogP contribution is -2.56. The molecule has 8 N–H and O–H groups in total. The van der Waals surface area contributed by atoms with Crippen molar-refractivity contribution < 1.29 is 39.3 Å². The van der Waals surface area contributed by atoms with Crippen LogP contribution in [0.4, 0.5) is 0 Å². The molecule has 27 heavy (non-hydrogen) atoms. The number of carbonyl (C=O) groups is 5. The molecule has 0 aromatic rings. The van der Waals surface area contributed by atoms with Gasteiger partial charge in [0.15, 0.2) is 0 Å². The molecule has 0 fully saturated rings. The predicted octanol–water partition coefficient (Wildman–Crippen LogP) is -3.34. The number of carboxylic acids is 2. The maximum atomic E-state index is 12.3. The second kappa shape index (κ2) is 12.1. The summed E-state index contributed by atoms with van der Waals surface area (Å²) in [7, 11) is 0. The highest BCUT2D eigenvalue weighted by atomic mass is 32.1. The first kappa shape index (κ1) is 24.6. The summed E-state index contributed by atoms with van der Waals surface area (Å²) in [5.74, 6) is -5.23. The molecule has 0 spiro atoms. The number of carbonyl (C=O) groups excluding carboxylic acids is 3. The van der Waals surface area contributed by atoms with E-state index in [0.29, 0.717) is 0 Å². The smallest absolute Gasteiger partial charge is 0.327 e. The third kappa shape index (κ3) is 9.21. The molecule has 3 amide bonds. The molecule has 0 aromatic carbocycles. The van der Waals surface area contributed by atoms with Crippen molar-refractivity contribution in [1.82, 2.24) is 16.0 Å². The highest BCUT2D eigenvalue weighted by Gasteiger charge is 2.28. The van der Waals surface area contributed by atoms with Crippen LogP contribution in [-0.2, 0) is 24.0 Å². The van der Waals surface area contributed by atoms with Crippen molar-refractivity contribution in [2.24, 2.45) is 5.73 Å². The van der Waals surface area contributed by atoms with Gasteiger partial charge in [-0.25, -0.2) is 4.79 Å². The van der Waals surface area contributed by atoms with E-state index < -0.39 is 66.9 Å². The molecule has 0 aliphatic heterocycles. The van der Waals surface area contributed by atoms with Crippen LogP contribution >= 0.6 is 12.6 Å². The molecular weight excluding hydrogens is 384 g/mol. The number of carboxylic acid groups (broad SMARTS) is 2. The second-order valence-electron chi connectivity index (χ2n) is 5.59. The molecule has 0 saturated heterocycles. The highest BCUT2D eigenvalue weighted by Crippen LogP contribution is 2.01. The Hall–Kier alpha value is -2.38. The Balaban J connectivity index is 4.98. The number of nitrogens with one attached hydrogen (secondary N) is 3. The number of aliphatic hydroxyl groups is 1. The maximum Gasteiger partial charge on any atom is 0.327 e. The summed E-state index contributed by atoms with van der Waals surface area (Å²) in [4.78, 5) is 57.6. The van der Waals surface area contributed by atoms with Crippen LogP contribution in [0, 0.1) is 0 Å². The van der Waals surface area contributed by atoms with Crippen molar-refractivity contribution in [3.8, 4) is 0 Å². The Morgan fingerprint density at radius 2 is 1.52 bits per heavy atom. The minimum absolute atomic E-state index is 0.169. The van der Waals surface area contributed by atoms with E-state index in [-0.39, 0.29) is 12.2 Å². The first-order valence-corrected chi connectivity index (χ1v) is 8.49. The van der Waals surface area contributed by atoms with E-state index in [9.17, 15) is 24.0 Å². The maximum absolute atomic E-state index is 12.3. The number of aliphatic hydroxyl groups excluding tert-OH is 1. The molecule has 0 heterocycles. The monoisotopic (exact) mass is 408 g/mol. The lowest BCUT2D eigenvalue weighted by atomic mass is 10.1. The van der Waals surface area contributed by atoms with Crippen LogP contribution in [0.25, 0.3) is 0 Å². The van der Waals surface area contributed by atoms with Crippen LogP contribution in [0.2, 0.25) is 0 Å². The number of aliphatic carboxylic acids is 2. The summed E-state index contributed by atoms with van der Waals surface area (Å²) < 4.78 is 0. The largest absolute Gasteiger partial charge is 0.481 e. The first-order valence-electron chi connectivity index (χ1n) is 7.86. The summed E-state index contributed by atoms with van der Waals surface area (Å²) in [6.45, 7) is 0.596. The van der Waals surface area contributed by atoms with Crippen LogP contribution in [-0.4, -0.2) is 81.5 Å². The fraction of sp³-hybridized carbons (Fsp3) is 0.643. The summed E-state index contributed by atoms with van der Waals surface area (Å²) >= 11 is 3.80. The van der Waals surface area contributed by atoms with Gasteiger partial charge in [0.05, 0.1) is 6.61 Å².